The van der Waals surface area contributed by atoms with Gasteiger partial charge in [0, 0.05) is 29.6 Å². The molecule has 0 bridgehead atoms. The zero-order chi connectivity index (χ0) is 20.9. The summed E-state index contributed by atoms with van der Waals surface area (Å²) < 4.78 is 42.4. The Hall–Kier alpha value is -2.81. The van der Waals surface area contributed by atoms with E-state index < -0.39 is 18.3 Å². The largest absolute Gasteiger partial charge is 0.410 e. The lowest BCUT2D eigenvalue weighted by atomic mass is 10.0. The molecule has 5 rings (SSSR count). The summed E-state index contributed by atoms with van der Waals surface area (Å²) in [5.41, 5.74) is 1.89. The van der Waals surface area contributed by atoms with Crippen molar-refractivity contribution in [3.05, 3.63) is 64.0 Å². The fraction of sp³-hybridized carbons (Fsp3) is 0.333. The second-order valence-corrected chi connectivity index (χ2v) is 8.53. The van der Waals surface area contributed by atoms with E-state index in [4.69, 9.17) is 0 Å². The SMILES string of the molecule is O=C(c1cc2n(n1)[C@@H](C(F)(F)F)C[C@H](c1cccs1)N2)N1CCCc2ccccc21. The summed E-state index contributed by atoms with van der Waals surface area (Å²) in [5, 5.41) is 9.09. The van der Waals surface area contributed by atoms with Gasteiger partial charge in [0.15, 0.2) is 11.7 Å². The molecule has 2 aromatic heterocycles. The van der Waals surface area contributed by atoms with Crippen molar-refractivity contribution in [2.24, 2.45) is 0 Å². The van der Waals surface area contributed by atoms with Gasteiger partial charge in [-0.1, -0.05) is 24.3 Å². The summed E-state index contributed by atoms with van der Waals surface area (Å²) in [6, 6.07) is 10.4. The summed E-state index contributed by atoms with van der Waals surface area (Å²) in [7, 11) is 0. The van der Waals surface area contributed by atoms with Crippen LogP contribution in [0.3, 0.4) is 0 Å². The molecule has 1 N–H and O–H groups in total. The zero-order valence-corrected chi connectivity index (χ0v) is 16.7. The van der Waals surface area contributed by atoms with Gasteiger partial charge < -0.3 is 10.2 Å². The summed E-state index contributed by atoms with van der Waals surface area (Å²) in [6.45, 7) is 0.520. The van der Waals surface area contributed by atoms with Crippen LogP contribution in [-0.2, 0) is 6.42 Å². The van der Waals surface area contributed by atoms with E-state index in [1.54, 1.807) is 4.90 Å². The average molecular weight is 432 g/mol. The van der Waals surface area contributed by atoms with E-state index in [1.807, 2.05) is 41.8 Å². The highest BCUT2D eigenvalue weighted by Crippen LogP contribution is 2.44. The summed E-state index contributed by atoms with van der Waals surface area (Å²) in [4.78, 5) is 15.6. The molecule has 0 aliphatic carbocycles. The fourth-order valence-electron chi connectivity index (χ4n) is 4.24. The van der Waals surface area contributed by atoms with E-state index >= 15 is 0 Å². The van der Waals surface area contributed by atoms with Crippen LogP contribution in [0.1, 0.15) is 45.9 Å². The van der Waals surface area contributed by atoms with Crippen LogP contribution in [0.4, 0.5) is 24.7 Å². The average Bonchev–Trinajstić information content (AvgIpc) is 3.41. The second-order valence-electron chi connectivity index (χ2n) is 7.55. The third-order valence-electron chi connectivity index (χ3n) is 5.65. The molecule has 0 saturated heterocycles. The lowest BCUT2D eigenvalue weighted by Gasteiger charge is -2.32. The minimum Gasteiger partial charge on any atom is -0.363 e. The van der Waals surface area contributed by atoms with Crippen molar-refractivity contribution in [1.82, 2.24) is 9.78 Å². The Labute approximate surface area is 175 Å². The quantitative estimate of drug-likeness (QED) is 0.606. The number of aryl methyl sites for hydroxylation is 1. The molecule has 0 saturated carbocycles. The molecule has 5 nitrogen and oxygen atoms in total. The third kappa shape index (κ3) is 3.27. The van der Waals surface area contributed by atoms with Crippen molar-refractivity contribution in [2.75, 3.05) is 16.8 Å². The molecule has 3 aromatic rings. The number of carbonyl (C=O) groups excluding carboxylic acids is 1. The van der Waals surface area contributed by atoms with Crippen LogP contribution in [0.15, 0.2) is 47.8 Å². The van der Waals surface area contributed by atoms with Crippen molar-refractivity contribution >= 4 is 28.7 Å². The number of nitrogens with zero attached hydrogens (tertiary/aromatic N) is 3. The first-order valence-corrected chi connectivity index (χ1v) is 10.7. The monoisotopic (exact) mass is 432 g/mol. The molecule has 2 aliphatic rings. The van der Waals surface area contributed by atoms with Gasteiger partial charge in [-0.25, -0.2) is 4.68 Å². The molecule has 4 heterocycles. The zero-order valence-electron chi connectivity index (χ0n) is 15.9. The lowest BCUT2D eigenvalue weighted by Crippen LogP contribution is -2.37. The molecule has 156 valence electrons. The predicted octanol–water partition coefficient (Wildman–Crippen LogP) is 5.20. The van der Waals surface area contributed by atoms with Crippen LogP contribution in [0.25, 0.3) is 0 Å². The highest BCUT2D eigenvalue weighted by molar-refractivity contribution is 7.10. The van der Waals surface area contributed by atoms with Gasteiger partial charge in [-0.2, -0.15) is 18.3 Å². The van der Waals surface area contributed by atoms with Gasteiger partial charge in [-0.05, 0) is 35.9 Å². The highest BCUT2D eigenvalue weighted by atomic mass is 32.1. The molecule has 1 amide bonds. The molecular weight excluding hydrogens is 413 g/mol. The van der Waals surface area contributed by atoms with Gasteiger partial charge in [0.25, 0.3) is 5.91 Å². The van der Waals surface area contributed by atoms with Crippen molar-refractivity contribution < 1.29 is 18.0 Å². The topological polar surface area (TPSA) is 50.2 Å². The molecular formula is C21H19F3N4OS. The van der Waals surface area contributed by atoms with Crippen LogP contribution >= 0.6 is 11.3 Å². The number of anilines is 2. The number of nitrogens with one attached hydrogen (secondary N) is 1. The Balaban J connectivity index is 1.51. The predicted molar refractivity (Wildman–Crippen MR) is 109 cm³/mol. The Kier molecular flexibility index (Phi) is 4.57. The lowest BCUT2D eigenvalue weighted by molar-refractivity contribution is -0.173. The number of benzene rings is 1. The molecule has 2 atom stereocenters. The molecule has 2 aliphatic heterocycles. The summed E-state index contributed by atoms with van der Waals surface area (Å²) >= 11 is 1.41. The van der Waals surface area contributed by atoms with Gasteiger partial charge in [0.2, 0.25) is 0 Å². The van der Waals surface area contributed by atoms with E-state index in [-0.39, 0.29) is 23.8 Å². The highest BCUT2D eigenvalue weighted by Gasteiger charge is 2.47. The Bertz CT molecular complexity index is 1080. The number of para-hydroxylation sites is 1. The first-order valence-electron chi connectivity index (χ1n) is 9.78. The number of carbonyl (C=O) groups is 1. The maximum atomic E-state index is 13.8. The normalized spacial score (nSPS) is 21.0. The minimum absolute atomic E-state index is 0.0234. The Morgan fingerprint density at radius 1 is 1.20 bits per heavy atom. The number of aromatic nitrogens is 2. The Morgan fingerprint density at radius 3 is 2.80 bits per heavy atom. The maximum Gasteiger partial charge on any atom is 0.410 e. The van der Waals surface area contributed by atoms with Gasteiger partial charge in [0.1, 0.15) is 5.82 Å². The summed E-state index contributed by atoms with van der Waals surface area (Å²) in [6.07, 6.45) is -2.95. The first kappa shape index (κ1) is 19.2. The van der Waals surface area contributed by atoms with Crippen LogP contribution < -0.4 is 10.2 Å². The molecule has 0 unspecified atom stereocenters. The number of halogens is 3. The second kappa shape index (κ2) is 7.16. The van der Waals surface area contributed by atoms with E-state index in [9.17, 15) is 18.0 Å². The van der Waals surface area contributed by atoms with Gasteiger partial charge in [0.05, 0.1) is 6.04 Å². The van der Waals surface area contributed by atoms with Crippen LogP contribution in [0, 0.1) is 0 Å². The van der Waals surface area contributed by atoms with Crippen molar-refractivity contribution in [3.8, 4) is 0 Å². The summed E-state index contributed by atoms with van der Waals surface area (Å²) in [5.74, 6) is -0.157. The van der Waals surface area contributed by atoms with Crippen molar-refractivity contribution in [2.45, 2.75) is 37.5 Å². The van der Waals surface area contributed by atoms with Gasteiger partial charge >= 0.3 is 6.18 Å². The molecule has 30 heavy (non-hydrogen) atoms. The van der Waals surface area contributed by atoms with Gasteiger partial charge in [-0.3, -0.25) is 4.79 Å². The Morgan fingerprint density at radius 2 is 2.03 bits per heavy atom. The van der Waals surface area contributed by atoms with Crippen molar-refractivity contribution in [1.29, 1.82) is 0 Å². The molecule has 1 aromatic carbocycles. The van der Waals surface area contributed by atoms with E-state index in [1.165, 1.54) is 17.4 Å². The number of hydrogen-bond acceptors (Lipinski definition) is 4. The number of hydrogen-bond donors (Lipinski definition) is 1. The standard InChI is InChI=1S/C21H19F3N4OS/c22-21(23,24)18-11-14(17-8-4-10-30-17)25-19-12-15(26-28(18)19)20(29)27-9-3-6-13-5-1-2-7-16(13)27/h1-2,4-5,7-8,10,12,14,18,25H,3,6,9,11H2/t14-,18-/m1/s1. The number of amides is 1. The third-order valence-corrected chi connectivity index (χ3v) is 6.64. The van der Waals surface area contributed by atoms with Crippen molar-refractivity contribution in [3.63, 3.8) is 0 Å². The smallest absolute Gasteiger partial charge is 0.363 e. The molecule has 0 radical (unpaired) electrons. The van der Waals surface area contributed by atoms with Gasteiger partial charge in [-0.15, -0.1) is 11.3 Å². The number of rotatable bonds is 2. The van der Waals surface area contributed by atoms with E-state index in [0.717, 1.165) is 33.7 Å². The van der Waals surface area contributed by atoms with Crippen LogP contribution in [0.2, 0.25) is 0 Å². The van der Waals surface area contributed by atoms with E-state index in [0.29, 0.717) is 6.54 Å². The maximum absolute atomic E-state index is 13.8. The fourth-order valence-corrected chi connectivity index (χ4v) is 5.03. The number of fused-ring (bicyclic) bond motifs is 2. The minimum atomic E-state index is -4.46. The number of alkyl halides is 3. The molecule has 0 spiro atoms. The van der Waals surface area contributed by atoms with Crippen LogP contribution in [0.5, 0.6) is 0 Å². The molecule has 9 heteroatoms. The van der Waals surface area contributed by atoms with E-state index in [2.05, 4.69) is 10.4 Å². The number of thiophene rings is 1. The van der Waals surface area contributed by atoms with Crippen LogP contribution in [-0.4, -0.2) is 28.4 Å². The molecule has 0 fully saturated rings. The first-order chi connectivity index (χ1) is 14.4.